The first-order valence-electron chi connectivity index (χ1n) is 8.33. The molecule has 1 fully saturated rings. The number of hydrogen-bond donors (Lipinski definition) is 1. The number of nitrogens with zero attached hydrogens (tertiary/aromatic N) is 5. The Morgan fingerprint density at radius 2 is 2.12 bits per heavy atom. The molecule has 0 aromatic carbocycles. The molecule has 1 aliphatic carbocycles. The lowest BCUT2D eigenvalue weighted by Gasteiger charge is -2.20. The Hall–Kier alpha value is -2.35. The van der Waals surface area contributed by atoms with E-state index in [1.807, 2.05) is 17.7 Å². The van der Waals surface area contributed by atoms with E-state index in [-0.39, 0.29) is 11.4 Å². The van der Waals surface area contributed by atoms with Crippen LogP contribution in [0.2, 0.25) is 0 Å². The van der Waals surface area contributed by atoms with Gasteiger partial charge in [-0.15, -0.1) is 10.2 Å². The summed E-state index contributed by atoms with van der Waals surface area (Å²) >= 11 is 1.30. The standard InChI is InChI=1S/C17H20N6OS/c1-9-13-11(15(24)20-16-21-18-8-25-16)7-12(10-5-6-10)19-14(13)23(22-9)17(2,3)4/h7-8,10H,5-6H2,1-4H3,(H,20,21,24). The number of pyridine rings is 1. The summed E-state index contributed by atoms with van der Waals surface area (Å²) in [5, 5.41) is 16.5. The monoisotopic (exact) mass is 356 g/mol. The molecule has 0 aliphatic heterocycles. The zero-order valence-corrected chi connectivity index (χ0v) is 15.5. The van der Waals surface area contributed by atoms with E-state index in [1.54, 1.807) is 5.51 Å². The van der Waals surface area contributed by atoms with Crippen molar-refractivity contribution < 1.29 is 4.79 Å². The maximum absolute atomic E-state index is 12.9. The molecule has 1 aliphatic rings. The molecule has 8 heteroatoms. The summed E-state index contributed by atoms with van der Waals surface area (Å²) in [7, 11) is 0. The van der Waals surface area contributed by atoms with Gasteiger partial charge in [-0.2, -0.15) is 5.10 Å². The summed E-state index contributed by atoms with van der Waals surface area (Å²) in [5.74, 6) is 0.253. The summed E-state index contributed by atoms with van der Waals surface area (Å²) in [6.07, 6.45) is 2.25. The highest BCUT2D eigenvalue weighted by molar-refractivity contribution is 7.13. The molecule has 3 aromatic rings. The maximum atomic E-state index is 12.9. The molecule has 0 spiro atoms. The second-order valence-corrected chi connectivity index (χ2v) is 8.27. The SMILES string of the molecule is Cc1nn(C(C)(C)C)c2nc(C3CC3)cc(C(=O)Nc3nncs3)c12. The number of nitrogens with one attached hydrogen (secondary N) is 1. The first kappa shape index (κ1) is 16.1. The average molecular weight is 356 g/mol. The van der Waals surface area contributed by atoms with Gasteiger partial charge in [0.15, 0.2) is 5.65 Å². The Bertz CT molecular complexity index is 950. The van der Waals surface area contributed by atoms with Crippen molar-refractivity contribution in [2.45, 2.75) is 52.0 Å². The fourth-order valence-electron chi connectivity index (χ4n) is 2.94. The quantitative estimate of drug-likeness (QED) is 0.776. The van der Waals surface area contributed by atoms with Crippen molar-refractivity contribution in [1.29, 1.82) is 0 Å². The minimum Gasteiger partial charge on any atom is -0.296 e. The first-order valence-corrected chi connectivity index (χ1v) is 9.21. The van der Waals surface area contributed by atoms with Gasteiger partial charge < -0.3 is 0 Å². The average Bonchev–Trinajstić information content (AvgIpc) is 3.17. The highest BCUT2D eigenvalue weighted by atomic mass is 32.1. The number of anilines is 1. The topological polar surface area (TPSA) is 85.6 Å². The zero-order valence-electron chi connectivity index (χ0n) is 14.7. The van der Waals surface area contributed by atoms with Gasteiger partial charge in [-0.25, -0.2) is 9.67 Å². The van der Waals surface area contributed by atoms with Crippen LogP contribution in [-0.4, -0.2) is 30.9 Å². The molecule has 3 heterocycles. The molecular formula is C17H20N6OS. The molecule has 0 atom stereocenters. The third kappa shape index (κ3) is 2.90. The molecule has 4 rings (SSSR count). The van der Waals surface area contributed by atoms with Gasteiger partial charge in [0.05, 0.1) is 22.2 Å². The van der Waals surface area contributed by atoms with Crippen LogP contribution in [0.3, 0.4) is 0 Å². The number of amides is 1. The number of carbonyl (C=O) groups is 1. The maximum Gasteiger partial charge on any atom is 0.258 e. The van der Waals surface area contributed by atoms with Crippen LogP contribution in [0.4, 0.5) is 5.13 Å². The number of aryl methyl sites for hydroxylation is 1. The van der Waals surface area contributed by atoms with Crippen molar-refractivity contribution in [3.05, 3.63) is 28.5 Å². The highest BCUT2D eigenvalue weighted by Gasteiger charge is 2.30. The van der Waals surface area contributed by atoms with E-state index in [4.69, 9.17) is 4.98 Å². The minimum absolute atomic E-state index is 0.192. The highest BCUT2D eigenvalue weighted by Crippen LogP contribution is 2.41. The molecule has 0 bridgehead atoms. The number of fused-ring (bicyclic) bond motifs is 1. The third-order valence-electron chi connectivity index (χ3n) is 4.29. The van der Waals surface area contributed by atoms with Gasteiger partial charge in [-0.3, -0.25) is 10.1 Å². The van der Waals surface area contributed by atoms with Gasteiger partial charge in [0.25, 0.3) is 5.91 Å². The van der Waals surface area contributed by atoms with E-state index in [2.05, 4.69) is 41.4 Å². The second-order valence-electron chi connectivity index (χ2n) is 7.43. The van der Waals surface area contributed by atoms with Crippen molar-refractivity contribution in [3.63, 3.8) is 0 Å². The molecule has 25 heavy (non-hydrogen) atoms. The lowest BCUT2D eigenvalue weighted by atomic mass is 10.1. The summed E-state index contributed by atoms with van der Waals surface area (Å²) in [6.45, 7) is 8.19. The van der Waals surface area contributed by atoms with Crippen LogP contribution in [0, 0.1) is 6.92 Å². The molecule has 130 valence electrons. The first-order chi connectivity index (χ1) is 11.8. The second kappa shape index (κ2) is 5.59. The van der Waals surface area contributed by atoms with E-state index in [0.717, 1.165) is 35.3 Å². The van der Waals surface area contributed by atoms with E-state index >= 15 is 0 Å². The molecular weight excluding hydrogens is 336 g/mol. The Labute approximate surface area is 149 Å². The smallest absolute Gasteiger partial charge is 0.258 e. The number of hydrogen-bond acceptors (Lipinski definition) is 6. The summed E-state index contributed by atoms with van der Waals surface area (Å²) in [6, 6.07) is 1.91. The van der Waals surface area contributed by atoms with E-state index in [9.17, 15) is 4.79 Å². The van der Waals surface area contributed by atoms with Crippen LogP contribution in [-0.2, 0) is 5.54 Å². The largest absolute Gasteiger partial charge is 0.296 e. The van der Waals surface area contributed by atoms with Crippen molar-refractivity contribution in [2.24, 2.45) is 0 Å². The Morgan fingerprint density at radius 3 is 2.72 bits per heavy atom. The lowest BCUT2D eigenvalue weighted by Crippen LogP contribution is -2.23. The van der Waals surface area contributed by atoms with Gasteiger partial charge >= 0.3 is 0 Å². The molecule has 1 saturated carbocycles. The predicted molar refractivity (Wildman–Crippen MR) is 97.1 cm³/mol. The molecule has 1 amide bonds. The molecule has 3 aromatic heterocycles. The van der Waals surface area contributed by atoms with Crippen LogP contribution in [0.25, 0.3) is 11.0 Å². The van der Waals surface area contributed by atoms with Gasteiger partial charge in [0.1, 0.15) is 5.51 Å². The summed E-state index contributed by atoms with van der Waals surface area (Å²) in [5.41, 5.74) is 4.54. The van der Waals surface area contributed by atoms with E-state index in [0.29, 0.717) is 16.6 Å². The lowest BCUT2D eigenvalue weighted by molar-refractivity contribution is 0.102. The van der Waals surface area contributed by atoms with Gasteiger partial charge in [-0.05, 0) is 46.6 Å². The Balaban J connectivity index is 1.90. The van der Waals surface area contributed by atoms with Crippen LogP contribution < -0.4 is 5.32 Å². The Morgan fingerprint density at radius 1 is 1.36 bits per heavy atom. The van der Waals surface area contributed by atoms with Crippen LogP contribution >= 0.6 is 11.3 Å². The van der Waals surface area contributed by atoms with Crippen molar-refractivity contribution in [2.75, 3.05) is 5.32 Å². The predicted octanol–water partition coefficient (Wildman–Crippen LogP) is 3.48. The van der Waals surface area contributed by atoms with Gasteiger partial charge in [-0.1, -0.05) is 11.3 Å². The van der Waals surface area contributed by atoms with E-state index < -0.39 is 0 Å². The molecule has 0 radical (unpaired) electrons. The fraction of sp³-hybridized carbons (Fsp3) is 0.471. The van der Waals surface area contributed by atoms with Crippen LogP contribution in [0.15, 0.2) is 11.6 Å². The molecule has 1 N–H and O–H groups in total. The fourth-order valence-corrected chi connectivity index (χ4v) is 3.38. The van der Waals surface area contributed by atoms with Crippen LogP contribution in [0.1, 0.15) is 61.3 Å². The summed E-state index contributed by atoms with van der Waals surface area (Å²) in [4.78, 5) is 17.8. The molecule has 0 saturated heterocycles. The van der Waals surface area contributed by atoms with Crippen molar-refractivity contribution >= 4 is 33.4 Å². The van der Waals surface area contributed by atoms with Gasteiger partial charge in [0, 0.05) is 11.6 Å². The zero-order chi connectivity index (χ0) is 17.8. The van der Waals surface area contributed by atoms with E-state index in [1.165, 1.54) is 11.3 Å². The molecule has 0 unspecified atom stereocenters. The normalized spacial score (nSPS) is 14.9. The van der Waals surface area contributed by atoms with Crippen LogP contribution in [0.5, 0.6) is 0 Å². The van der Waals surface area contributed by atoms with Crippen molar-refractivity contribution in [3.8, 4) is 0 Å². The number of aromatic nitrogens is 5. The third-order valence-corrected chi connectivity index (χ3v) is 4.90. The number of rotatable bonds is 3. The number of carbonyl (C=O) groups excluding carboxylic acids is 1. The Kier molecular flexibility index (Phi) is 3.61. The van der Waals surface area contributed by atoms with Gasteiger partial charge in [0.2, 0.25) is 5.13 Å². The van der Waals surface area contributed by atoms with Crippen molar-refractivity contribution in [1.82, 2.24) is 25.0 Å². The summed E-state index contributed by atoms with van der Waals surface area (Å²) < 4.78 is 1.92. The minimum atomic E-state index is -0.214. The molecule has 7 nitrogen and oxygen atoms in total.